The molecule has 0 saturated carbocycles. The highest BCUT2D eigenvalue weighted by Crippen LogP contribution is 2.25. The van der Waals surface area contributed by atoms with Gasteiger partial charge in [-0.15, -0.1) is 0 Å². The number of carbonyl (C=O) groups excluding carboxylic acids is 3. The van der Waals surface area contributed by atoms with Crippen LogP contribution in [0.15, 0.2) is 119 Å². The first-order valence-corrected chi connectivity index (χ1v) is 14.9. The molecule has 0 spiro atoms. The Balaban J connectivity index is 1.29. The molecule has 0 aliphatic heterocycles. The van der Waals surface area contributed by atoms with Crippen LogP contribution < -0.4 is 20.8 Å². The van der Waals surface area contributed by atoms with Crippen molar-refractivity contribution < 1.29 is 19.1 Å². The lowest BCUT2D eigenvalue weighted by Gasteiger charge is -2.11. The van der Waals surface area contributed by atoms with E-state index in [-0.39, 0.29) is 11.3 Å². The van der Waals surface area contributed by atoms with E-state index >= 15 is 0 Å². The smallest absolute Gasteiger partial charge is 0.329 e. The van der Waals surface area contributed by atoms with E-state index in [9.17, 15) is 14.4 Å². The van der Waals surface area contributed by atoms with Crippen LogP contribution in [0.1, 0.15) is 29.3 Å². The van der Waals surface area contributed by atoms with Gasteiger partial charge >= 0.3 is 11.8 Å². The third kappa shape index (κ3) is 8.09. The number of aromatic nitrogens is 2. The van der Waals surface area contributed by atoms with Crippen LogP contribution in [0.4, 0.5) is 11.4 Å². The number of nitrogens with one attached hydrogen (secondary N) is 3. The first kappa shape index (κ1) is 30.9. The molecule has 10 nitrogen and oxygen atoms in total. The molecule has 3 amide bonds. The second kappa shape index (κ2) is 14.8. The van der Waals surface area contributed by atoms with E-state index in [0.29, 0.717) is 23.6 Å². The van der Waals surface area contributed by atoms with Crippen LogP contribution in [0.25, 0.3) is 16.9 Å². The van der Waals surface area contributed by atoms with E-state index < -0.39 is 17.7 Å². The molecular weight excluding hydrogens is 636 g/mol. The van der Waals surface area contributed by atoms with Gasteiger partial charge in [0.1, 0.15) is 11.4 Å². The van der Waals surface area contributed by atoms with E-state index in [1.165, 1.54) is 12.3 Å². The molecule has 0 unspecified atom stereocenters. The van der Waals surface area contributed by atoms with E-state index in [2.05, 4.69) is 37.1 Å². The Bertz CT molecular complexity index is 1820. The number of hydrazone groups is 1. The minimum atomic E-state index is -1.01. The highest BCUT2D eigenvalue weighted by atomic mass is 79.9. The minimum Gasteiger partial charge on any atom is -0.494 e. The summed E-state index contributed by atoms with van der Waals surface area (Å²) in [5.41, 5.74) is 6.09. The Morgan fingerprint density at radius 3 is 2.31 bits per heavy atom. The summed E-state index contributed by atoms with van der Waals surface area (Å²) < 4.78 is 8.28. The molecule has 226 valence electrons. The number of ether oxygens (including phenoxy) is 1. The number of benzene rings is 4. The molecule has 4 aromatic carbocycles. The first-order chi connectivity index (χ1) is 21.9. The van der Waals surface area contributed by atoms with Crippen molar-refractivity contribution in [3.8, 4) is 22.7 Å². The highest BCUT2D eigenvalue weighted by molar-refractivity contribution is 9.10. The quantitative estimate of drug-likeness (QED) is 0.0901. The molecule has 0 saturated heterocycles. The second-order valence-corrected chi connectivity index (χ2v) is 10.7. The molecule has 0 aliphatic carbocycles. The standard InChI is InChI=1S/C34H29BrN6O4/c1-2-20-45-28-18-12-23(13-19-28)31-24(22-41(40-31)27-8-4-3-5-9-27)21-36-39-34(44)33(43)38-30-11-7-6-10-29(30)32(42)37-26-16-14-25(35)15-17-26/h3-19,21-22H,2,20H2,1H3,(H,37,42)(H,38,43)(H,39,44). The fourth-order valence-corrected chi connectivity index (χ4v) is 4.52. The second-order valence-electron chi connectivity index (χ2n) is 9.75. The van der Waals surface area contributed by atoms with E-state index in [0.717, 1.165) is 27.9 Å². The fourth-order valence-electron chi connectivity index (χ4n) is 4.26. The third-order valence-corrected chi connectivity index (χ3v) is 6.99. The van der Waals surface area contributed by atoms with Crippen molar-refractivity contribution in [1.82, 2.24) is 15.2 Å². The predicted molar refractivity (Wildman–Crippen MR) is 178 cm³/mol. The summed E-state index contributed by atoms with van der Waals surface area (Å²) in [7, 11) is 0. The number of nitrogens with zero attached hydrogens (tertiary/aromatic N) is 3. The summed E-state index contributed by atoms with van der Waals surface area (Å²) in [4.78, 5) is 38.3. The normalized spacial score (nSPS) is 10.8. The molecule has 0 aliphatic rings. The Kier molecular flexibility index (Phi) is 10.1. The molecule has 45 heavy (non-hydrogen) atoms. The van der Waals surface area contributed by atoms with Crippen molar-refractivity contribution in [2.45, 2.75) is 13.3 Å². The van der Waals surface area contributed by atoms with Crippen molar-refractivity contribution in [2.24, 2.45) is 5.10 Å². The monoisotopic (exact) mass is 664 g/mol. The van der Waals surface area contributed by atoms with Crippen molar-refractivity contribution in [2.75, 3.05) is 17.2 Å². The summed E-state index contributed by atoms with van der Waals surface area (Å²) in [5.74, 6) is -1.69. The molecule has 11 heteroatoms. The van der Waals surface area contributed by atoms with E-state index in [1.54, 1.807) is 53.3 Å². The molecule has 5 aromatic rings. The van der Waals surface area contributed by atoms with Gasteiger partial charge in [-0.25, -0.2) is 10.1 Å². The summed E-state index contributed by atoms with van der Waals surface area (Å²) in [5, 5.41) is 14.0. The summed E-state index contributed by atoms with van der Waals surface area (Å²) >= 11 is 3.36. The van der Waals surface area contributed by atoms with E-state index in [1.807, 2.05) is 61.5 Å². The van der Waals surface area contributed by atoms with Gasteiger partial charge in [-0.1, -0.05) is 53.2 Å². The van der Waals surface area contributed by atoms with Gasteiger partial charge in [0.15, 0.2) is 0 Å². The summed E-state index contributed by atoms with van der Waals surface area (Å²) in [6.45, 7) is 2.67. The van der Waals surface area contributed by atoms with Crippen molar-refractivity contribution in [1.29, 1.82) is 0 Å². The van der Waals surface area contributed by atoms with Crippen molar-refractivity contribution in [3.63, 3.8) is 0 Å². The number of anilines is 2. The lowest BCUT2D eigenvalue weighted by Crippen LogP contribution is -2.33. The number of hydrogen-bond donors (Lipinski definition) is 3. The number of hydrogen-bond acceptors (Lipinski definition) is 6. The van der Waals surface area contributed by atoms with Crippen LogP contribution in [0.2, 0.25) is 0 Å². The molecule has 1 aromatic heterocycles. The molecule has 0 atom stereocenters. The highest BCUT2D eigenvalue weighted by Gasteiger charge is 2.18. The minimum absolute atomic E-state index is 0.175. The van der Waals surface area contributed by atoms with Gasteiger partial charge in [-0.3, -0.25) is 14.4 Å². The average Bonchev–Trinajstić information content (AvgIpc) is 3.49. The lowest BCUT2D eigenvalue weighted by atomic mass is 10.1. The summed E-state index contributed by atoms with van der Waals surface area (Å²) in [6, 6.07) is 30.6. The van der Waals surface area contributed by atoms with Gasteiger partial charge in [0.25, 0.3) is 5.91 Å². The Hall–Kier alpha value is -5.55. The lowest BCUT2D eigenvalue weighted by molar-refractivity contribution is -0.136. The number of carbonyl (C=O) groups is 3. The maximum absolute atomic E-state index is 12.9. The molecule has 1 heterocycles. The van der Waals surface area contributed by atoms with Crippen LogP contribution in [0, 0.1) is 0 Å². The van der Waals surface area contributed by atoms with Crippen LogP contribution in [0.5, 0.6) is 5.75 Å². The zero-order valence-electron chi connectivity index (χ0n) is 24.2. The van der Waals surface area contributed by atoms with Gasteiger partial charge in [0.05, 0.1) is 29.8 Å². The zero-order chi connectivity index (χ0) is 31.6. The molecule has 5 rings (SSSR count). The SMILES string of the molecule is CCCOc1ccc(-c2nn(-c3ccccc3)cc2C=NNC(=O)C(=O)Nc2ccccc2C(=O)Nc2ccc(Br)cc2)cc1. The third-order valence-electron chi connectivity index (χ3n) is 6.46. The van der Waals surface area contributed by atoms with Crippen LogP contribution >= 0.6 is 15.9 Å². The molecule has 0 fully saturated rings. The van der Waals surface area contributed by atoms with Gasteiger partial charge in [0.2, 0.25) is 0 Å². The van der Waals surface area contributed by atoms with Crippen LogP contribution in [-0.2, 0) is 9.59 Å². The number of halogens is 1. The molecule has 3 N–H and O–H groups in total. The first-order valence-electron chi connectivity index (χ1n) is 14.1. The van der Waals surface area contributed by atoms with Gasteiger partial charge in [-0.05, 0) is 79.2 Å². The number of amides is 3. The van der Waals surface area contributed by atoms with Crippen LogP contribution in [-0.4, -0.2) is 40.3 Å². The Morgan fingerprint density at radius 1 is 0.867 bits per heavy atom. The van der Waals surface area contributed by atoms with Gasteiger partial charge in [0, 0.05) is 27.5 Å². The topological polar surface area (TPSA) is 127 Å². The van der Waals surface area contributed by atoms with Crippen molar-refractivity contribution >= 4 is 51.2 Å². The summed E-state index contributed by atoms with van der Waals surface area (Å²) in [6.07, 6.45) is 4.11. The maximum atomic E-state index is 12.9. The average molecular weight is 666 g/mol. The molecular formula is C34H29BrN6O4. The zero-order valence-corrected chi connectivity index (χ0v) is 25.8. The molecule has 0 radical (unpaired) electrons. The number of rotatable bonds is 10. The Morgan fingerprint density at radius 2 is 1.58 bits per heavy atom. The van der Waals surface area contributed by atoms with Gasteiger partial charge < -0.3 is 15.4 Å². The fraction of sp³-hybridized carbons (Fsp3) is 0.0882. The van der Waals surface area contributed by atoms with Crippen molar-refractivity contribution in [3.05, 3.63) is 125 Å². The maximum Gasteiger partial charge on any atom is 0.329 e. The number of para-hydroxylation sites is 2. The van der Waals surface area contributed by atoms with Crippen LogP contribution in [0.3, 0.4) is 0 Å². The Labute approximate surface area is 268 Å². The molecule has 0 bridgehead atoms. The predicted octanol–water partition coefficient (Wildman–Crippen LogP) is 6.43. The van der Waals surface area contributed by atoms with Gasteiger partial charge in [-0.2, -0.15) is 10.2 Å². The van der Waals surface area contributed by atoms with E-state index in [4.69, 9.17) is 9.84 Å². The largest absolute Gasteiger partial charge is 0.494 e.